The minimum absolute atomic E-state index is 0.0291. The molecule has 3 rings (SSSR count). The highest BCUT2D eigenvalue weighted by Crippen LogP contribution is 2.36. The molecule has 1 heterocycles. The van der Waals surface area contributed by atoms with E-state index in [9.17, 15) is 14.9 Å². The van der Waals surface area contributed by atoms with Crippen LogP contribution in [0.2, 0.25) is 0 Å². The SMILES string of the molecule is O=C1/C(=C/c2ccc(I)cc2)SC(=S)N1c1ccc([N+](=O)[O-])cc1. The van der Waals surface area contributed by atoms with Crippen LogP contribution in [0.25, 0.3) is 6.08 Å². The Kier molecular flexibility index (Phi) is 4.97. The lowest BCUT2D eigenvalue weighted by atomic mass is 10.2. The van der Waals surface area contributed by atoms with Gasteiger partial charge < -0.3 is 0 Å². The molecule has 0 aromatic heterocycles. The molecule has 0 saturated carbocycles. The number of thioether (sulfide) groups is 1. The number of carbonyl (C=O) groups excluding carboxylic acids is 1. The normalized spacial score (nSPS) is 16.0. The highest BCUT2D eigenvalue weighted by molar-refractivity contribution is 14.1. The molecule has 5 nitrogen and oxygen atoms in total. The number of rotatable bonds is 3. The second kappa shape index (κ2) is 6.99. The lowest BCUT2D eigenvalue weighted by Gasteiger charge is -2.13. The number of anilines is 1. The van der Waals surface area contributed by atoms with Crippen LogP contribution in [-0.2, 0) is 4.79 Å². The zero-order valence-electron chi connectivity index (χ0n) is 12.0. The number of carbonyl (C=O) groups is 1. The Morgan fingerprint density at radius 1 is 1.12 bits per heavy atom. The van der Waals surface area contributed by atoms with Gasteiger partial charge in [0.1, 0.15) is 0 Å². The summed E-state index contributed by atoms with van der Waals surface area (Å²) in [5.74, 6) is -0.225. The zero-order chi connectivity index (χ0) is 17.3. The average molecular weight is 468 g/mol. The first-order valence-corrected chi connectivity index (χ1v) is 9.04. The number of hydrogen-bond acceptors (Lipinski definition) is 5. The second-order valence-electron chi connectivity index (χ2n) is 4.84. The Morgan fingerprint density at radius 3 is 2.33 bits per heavy atom. The molecule has 1 saturated heterocycles. The van der Waals surface area contributed by atoms with Gasteiger partial charge in [-0.25, -0.2) is 0 Å². The lowest BCUT2D eigenvalue weighted by Crippen LogP contribution is -2.27. The van der Waals surface area contributed by atoms with Crippen molar-refractivity contribution in [1.29, 1.82) is 0 Å². The zero-order valence-corrected chi connectivity index (χ0v) is 15.8. The number of nitro benzene ring substituents is 1. The molecule has 1 amide bonds. The first-order chi connectivity index (χ1) is 11.5. The molecule has 2 aromatic rings. The van der Waals surface area contributed by atoms with Crippen LogP contribution in [0.15, 0.2) is 53.4 Å². The summed E-state index contributed by atoms with van der Waals surface area (Å²) in [6.45, 7) is 0. The van der Waals surface area contributed by atoms with Crippen molar-refractivity contribution < 1.29 is 9.72 Å². The molecule has 1 aliphatic heterocycles. The molecule has 0 N–H and O–H groups in total. The van der Waals surface area contributed by atoms with E-state index in [0.29, 0.717) is 14.9 Å². The van der Waals surface area contributed by atoms with Gasteiger partial charge in [-0.1, -0.05) is 36.1 Å². The Bertz CT molecular complexity index is 864. The third-order valence-corrected chi connectivity index (χ3v) is 5.30. The van der Waals surface area contributed by atoms with Crippen LogP contribution in [-0.4, -0.2) is 15.2 Å². The summed E-state index contributed by atoms with van der Waals surface area (Å²) in [5, 5.41) is 10.7. The standard InChI is InChI=1S/C16H9IN2O3S2/c17-11-3-1-10(2-4-11)9-14-15(20)18(16(23)24-14)12-5-7-13(8-6-12)19(21)22/h1-9H/b14-9-. The highest BCUT2D eigenvalue weighted by Gasteiger charge is 2.33. The molecule has 0 aliphatic carbocycles. The van der Waals surface area contributed by atoms with Gasteiger partial charge >= 0.3 is 0 Å². The molecular formula is C16H9IN2O3S2. The number of amides is 1. The van der Waals surface area contributed by atoms with Crippen LogP contribution in [0, 0.1) is 13.7 Å². The molecule has 0 unspecified atom stereocenters. The van der Waals surface area contributed by atoms with E-state index in [-0.39, 0.29) is 11.6 Å². The summed E-state index contributed by atoms with van der Waals surface area (Å²) >= 11 is 8.73. The molecule has 120 valence electrons. The minimum atomic E-state index is -0.481. The van der Waals surface area contributed by atoms with Gasteiger partial charge in [0.05, 0.1) is 15.5 Å². The van der Waals surface area contributed by atoms with E-state index < -0.39 is 4.92 Å². The molecule has 0 atom stereocenters. The van der Waals surface area contributed by atoms with E-state index in [1.54, 1.807) is 6.08 Å². The number of benzene rings is 2. The fourth-order valence-corrected chi connectivity index (χ4v) is 3.78. The largest absolute Gasteiger partial charge is 0.270 e. The summed E-state index contributed by atoms with van der Waals surface area (Å²) in [7, 11) is 0. The van der Waals surface area contributed by atoms with Crippen molar-refractivity contribution in [1.82, 2.24) is 0 Å². The van der Waals surface area contributed by atoms with E-state index in [1.807, 2.05) is 24.3 Å². The van der Waals surface area contributed by atoms with Crippen molar-refractivity contribution in [3.05, 3.63) is 72.7 Å². The quantitative estimate of drug-likeness (QED) is 0.217. The number of nitrogens with zero attached hydrogens (tertiary/aromatic N) is 2. The van der Waals surface area contributed by atoms with E-state index >= 15 is 0 Å². The summed E-state index contributed by atoms with van der Waals surface area (Å²) in [5.41, 5.74) is 1.41. The second-order valence-corrected chi connectivity index (χ2v) is 7.76. The third kappa shape index (κ3) is 3.50. The first-order valence-electron chi connectivity index (χ1n) is 6.74. The number of hydrogen-bond donors (Lipinski definition) is 0. The van der Waals surface area contributed by atoms with Crippen LogP contribution in [0.5, 0.6) is 0 Å². The average Bonchev–Trinajstić information content (AvgIpc) is 2.83. The molecule has 24 heavy (non-hydrogen) atoms. The summed E-state index contributed by atoms with van der Waals surface area (Å²) in [6, 6.07) is 13.5. The minimum Gasteiger partial charge on any atom is -0.268 e. The molecule has 0 spiro atoms. The van der Waals surface area contributed by atoms with Gasteiger partial charge in [-0.05, 0) is 58.5 Å². The molecular weight excluding hydrogens is 459 g/mol. The van der Waals surface area contributed by atoms with Crippen molar-refractivity contribution >= 4 is 74.2 Å². The van der Waals surface area contributed by atoms with Crippen molar-refractivity contribution in [3.63, 3.8) is 0 Å². The highest BCUT2D eigenvalue weighted by atomic mass is 127. The maximum Gasteiger partial charge on any atom is 0.270 e. The van der Waals surface area contributed by atoms with Gasteiger partial charge in [-0.2, -0.15) is 0 Å². The summed E-state index contributed by atoms with van der Waals surface area (Å²) < 4.78 is 1.52. The van der Waals surface area contributed by atoms with Crippen molar-refractivity contribution in [2.75, 3.05) is 4.90 Å². The van der Waals surface area contributed by atoms with Crippen LogP contribution >= 0.6 is 46.6 Å². The topological polar surface area (TPSA) is 63.5 Å². The van der Waals surface area contributed by atoms with E-state index in [0.717, 1.165) is 9.13 Å². The molecule has 1 aliphatic rings. The first kappa shape index (κ1) is 17.1. The number of thiocarbonyl (C=S) groups is 1. The van der Waals surface area contributed by atoms with Gasteiger partial charge in [0.15, 0.2) is 4.32 Å². The van der Waals surface area contributed by atoms with Crippen LogP contribution in [0.4, 0.5) is 11.4 Å². The van der Waals surface area contributed by atoms with Crippen molar-refractivity contribution in [3.8, 4) is 0 Å². The Morgan fingerprint density at radius 2 is 1.75 bits per heavy atom. The van der Waals surface area contributed by atoms with Crippen molar-refractivity contribution in [2.24, 2.45) is 0 Å². The van der Waals surface area contributed by atoms with Gasteiger partial charge in [-0.3, -0.25) is 19.8 Å². The number of nitro groups is 1. The molecule has 0 bridgehead atoms. The van der Waals surface area contributed by atoms with Gasteiger partial charge in [0, 0.05) is 15.7 Å². The number of non-ortho nitro benzene ring substituents is 1. The van der Waals surface area contributed by atoms with Crippen LogP contribution < -0.4 is 4.90 Å². The van der Waals surface area contributed by atoms with E-state index in [2.05, 4.69) is 22.6 Å². The molecule has 0 radical (unpaired) electrons. The Labute approximate surface area is 161 Å². The van der Waals surface area contributed by atoms with Crippen LogP contribution in [0.3, 0.4) is 0 Å². The monoisotopic (exact) mass is 468 g/mol. The molecule has 1 fully saturated rings. The molecule has 2 aromatic carbocycles. The van der Waals surface area contributed by atoms with E-state index in [1.165, 1.54) is 40.9 Å². The Balaban J connectivity index is 1.88. The Hall–Kier alpha value is -1.78. The third-order valence-electron chi connectivity index (χ3n) is 3.28. The van der Waals surface area contributed by atoms with Gasteiger partial charge in [0.25, 0.3) is 11.6 Å². The maximum atomic E-state index is 12.6. The smallest absolute Gasteiger partial charge is 0.268 e. The van der Waals surface area contributed by atoms with Crippen molar-refractivity contribution in [2.45, 2.75) is 0 Å². The fourth-order valence-electron chi connectivity index (χ4n) is 2.12. The van der Waals surface area contributed by atoms with E-state index in [4.69, 9.17) is 12.2 Å². The lowest BCUT2D eigenvalue weighted by molar-refractivity contribution is -0.384. The predicted molar refractivity (Wildman–Crippen MR) is 108 cm³/mol. The van der Waals surface area contributed by atoms with Gasteiger partial charge in [-0.15, -0.1) is 0 Å². The van der Waals surface area contributed by atoms with Crippen LogP contribution in [0.1, 0.15) is 5.56 Å². The molecule has 8 heteroatoms. The van der Waals surface area contributed by atoms with Gasteiger partial charge in [0.2, 0.25) is 0 Å². The fraction of sp³-hybridized carbons (Fsp3) is 0. The summed E-state index contributed by atoms with van der Waals surface area (Å²) in [4.78, 5) is 24.8. The summed E-state index contributed by atoms with van der Waals surface area (Å²) in [6.07, 6.45) is 1.79. The number of halogens is 1. The maximum absolute atomic E-state index is 12.6. The predicted octanol–water partition coefficient (Wildman–Crippen LogP) is 4.61.